The van der Waals surface area contributed by atoms with E-state index in [1.165, 1.54) is 5.56 Å². The number of guanidine groups is 1. The maximum atomic E-state index is 4.71. The maximum Gasteiger partial charge on any atom is 0.191 e. The average Bonchev–Trinajstić information content (AvgIpc) is 3.17. The molecule has 0 saturated carbocycles. The SMILES string of the molecule is CCc1nncn1CCNC(=NC)NCc1cc(N(C)C)nc2ccccc12. The molecule has 28 heavy (non-hydrogen) atoms. The Morgan fingerprint density at radius 1 is 1.21 bits per heavy atom. The lowest BCUT2D eigenvalue weighted by molar-refractivity contribution is 0.632. The number of anilines is 1. The van der Waals surface area contributed by atoms with E-state index in [9.17, 15) is 0 Å². The number of fused-ring (bicyclic) bond motifs is 1. The summed E-state index contributed by atoms with van der Waals surface area (Å²) in [6, 6.07) is 10.3. The van der Waals surface area contributed by atoms with Crippen molar-refractivity contribution in [2.75, 3.05) is 32.6 Å². The van der Waals surface area contributed by atoms with Gasteiger partial charge in [0.05, 0.1) is 5.52 Å². The lowest BCUT2D eigenvalue weighted by atomic mass is 10.1. The monoisotopic (exact) mass is 380 g/mol. The van der Waals surface area contributed by atoms with Crippen LogP contribution in [-0.4, -0.2) is 53.4 Å². The molecule has 0 unspecified atom stereocenters. The Balaban J connectivity index is 1.65. The Morgan fingerprint density at radius 2 is 2.04 bits per heavy atom. The van der Waals surface area contributed by atoms with Crippen LogP contribution in [0, 0.1) is 0 Å². The largest absolute Gasteiger partial charge is 0.363 e. The Bertz CT molecular complexity index is 944. The summed E-state index contributed by atoms with van der Waals surface area (Å²) in [5.74, 6) is 2.70. The van der Waals surface area contributed by atoms with E-state index in [4.69, 9.17) is 4.98 Å². The second-order valence-corrected chi connectivity index (χ2v) is 6.70. The van der Waals surface area contributed by atoms with Gasteiger partial charge < -0.3 is 20.1 Å². The smallest absolute Gasteiger partial charge is 0.191 e. The number of hydrogen-bond acceptors (Lipinski definition) is 5. The first-order valence-electron chi connectivity index (χ1n) is 9.49. The molecule has 0 bridgehead atoms. The molecule has 0 aliphatic rings. The third-order valence-electron chi connectivity index (χ3n) is 4.57. The van der Waals surface area contributed by atoms with Gasteiger partial charge in [0.1, 0.15) is 18.0 Å². The Kier molecular flexibility index (Phi) is 6.41. The number of benzene rings is 1. The fraction of sp³-hybridized carbons (Fsp3) is 0.400. The fourth-order valence-electron chi connectivity index (χ4n) is 3.04. The molecule has 0 aliphatic heterocycles. The summed E-state index contributed by atoms with van der Waals surface area (Å²) in [7, 11) is 5.79. The second kappa shape index (κ2) is 9.16. The van der Waals surface area contributed by atoms with Gasteiger partial charge in [-0.3, -0.25) is 4.99 Å². The van der Waals surface area contributed by atoms with Crippen LogP contribution in [-0.2, 0) is 19.5 Å². The van der Waals surface area contributed by atoms with Crippen molar-refractivity contribution >= 4 is 22.7 Å². The lowest BCUT2D eigenvalue weighted by Gasteiger charge is -2.17. The molecule has 3 aromatic rings. The van der Waals surface area contributed by atoms with Gasteiger partial charge >= 0.3 is 0 Å². The lowest BCUT2D eigenvalue weighted by Crippen LogP contribution is -2.38. The van der Waals surface area contributed by atoms with Crippen molar-refractivity contribution in [1.82, 2.24) is 30.4 Å². The van der Waals surface area contributed by atoms with Crippen molar-refractivity contribution in [3.05, 3.63) is 48.0 Å². The average molecular weight is 381 g/mol. The number of nitrogens with one attached hydrogen (secondary N) is 2. The van der Waals surface area contributed by atoms with E-state index in [1.807, 2.05) is 37.2 Å². The maximum absolute atomic E-state index is 4.71. The molecule has 0 amide bonds. The first kappa shape index (κ1) is 19.6. The van der Waals surface area contributed by atoms with Crippen molar-refractivity contribution in [1.29, 1.82) is 0 Å². The summed E-state index contributed by atoms with van der Waals surface area (Å²) < 4.78 is 2.06. The van der Waals surface area contributed by atoms with Crippen LogP contribution in [0.15, 0.2) is 41.7 Å². The highest BCUT2D eigenvalue weighted by atomic mass is 15.3. The predicted molar refractivity (Wildman–Crippen MR) is 114 cm³/mol. The molecular formula is C20H28N8. The Morgan fingerprint density at radius 3 is 2.79 bits per heavy atom. The van der Waals surface area contributed by atoms with Crippen LogP contribution < -0.4 is 15.5 Å². The van der Waals surface area contributed by atoms with Crippen LogP contribution in [0.1, 0.15) is 18.3 Å². The first-order valence-corrected chi connectivity index (χ1v) is 9.49. The predicted octanol–water partition coefficient (Wildman–Crippen LogP) is 1.82. The van der Waals surface area contributed by atoms with Crippen molar-refractivity contribution < 1.29 is 0 Å². The highest BCUT2D eigenvalue weighted by Crippen LogP contribution is 2.21. The molecule has 0 saturated heterocycles. The number of para-hydroxylation sites is 1. The normalized spacial score (nSPS) is 11.6. The minimum absolute atomic E-state index is 0.663. The molecule has 8 nitrogen and oxygen atoms in total. The van der Waals surface area contributed by atoms with Crippen molar-refractivity contribution in [3.8, 4) is 0 Å². The van der Waals surface area contributed by atoms with Crippen molar-refractivity contribution in [2.45, 2.75) is 26.4 Å². The summed E-state index contributed by atoms with van der Waals surface area (Å²) in [4.78, 5) is 11.1. The fourth-order valence-corrected chi connectivity index (χ4v) is 3.04. The molecule has 0 fully saturated rings. The Hall–Kier alpha value is -3.16. The molecule has 0 radical (unpaired) electrons. The summed E-state index contributed by atoms with van der Waals surface area (Å²) in [6.45, 7) is 4.27. The zero-order valence-electron chi connectivity index (χ0n) is 17.0. The third-order valence-corrected chi connectivity index (χ3v) is 4.57. The molecule has 1 aromatic carbocycles. The quantitative estimate of drug-likeness (QED) is 0.481. The molecule has 148 valence electrons. The molecule has 0 aliphatic carbocycles. The van der Waals surface area contributed by atoms with Gasteiger partial charge in [-0.15, -0.1) is 10.2 Å². The number of aryl methyl sites for hydroxylation is 1. The zero-order chi connectivity index (χ0) is 19.9. The van der Waals surface area contributed by atoms with E-state index in [0.29, 0.717) is 6.54 Å². The molecule has 2 aromatic heterocycles. The first-order chi connectivity index (χ1) is 13.6. The van der Waals surface area contributed by atoms with Gasteiger partial charge in [-0.05, 0) is 17.7 Å². The van der Waals surface area contributed by atoms with Crippen LogP contribution >= 0.6 is 0 Å². The topological polar surface area (TPSA) is 83.3 Å². The molecule has 8 heteroatoms. The van der Waals surface area contributed by atoms with Crippen LogP contribution in [0.4, 0.5) is 5.82 Å². The van der Waals surface area contributed by atoms with Gasteiger partial charge in [0.15, 0.2) is 5.96 Å². The highest BCUT2D eigenvalue weighted by molar-refractivity contribution is 5.85. The van der Waals surface area contributed by atoms with E-state index in [2.05, 4.69) is 49.4 Å². The van der Waals surface area contributed by atoms with Gasteiger partial charge in [0.2, 0.25) is 0 Å². The number of nitrogens with zero attached hydrogens (tertiary/aromatic N) is 6. The molecule has 2 heterocycles. The van der Waals surface area contributed by atoms with Gasteiger partial charge in [-0.2, -0.15) is 0 Å². The zero-order valence-corrected chi connectivity index (χ0v) is 17.0. The second-order valence-electron chi connectivity index (χ2n) is 6.70. The summed E-state index contributed by atoms with van der Waals surface area (Å²) >= 11 is 0. The van der Waals surface area contributed by atoms with Crippen molar-refractivity contribution in [2.24, 2.45) is 4.99 Å². The van der Waals surface area contributed by atoms with Crippen LogP contribution in [0.25, 0.3) is 10.9 Å². The van der Waals surface area contributed by atoms with E-state index < -0.39 is 0 Å². The molecule has 2 N–H and O–H groups in total. The number of aliphatic imine (C=N–C) groups is 1. The van der Waals surface area contributed by atoms with E-state index in [1.54, 1.807) is 13.4 Å². The molecule has 0 atom stereocenters. The van der Waals surface area contributed by atoms with E-state index >= 15 is 0 Å². The van der Waals surface area contributed by atoms with Crippen molar-refractivity contribution in [3.63, 3.8) is 0 Å². The van der Waals surface area contributed by atoms with Crippen LogP contribution in [0.3, 0.4) is 0 Å². The number of hydrogen-bond donors (Lipinski definition) is 2. The molecular weight excluding hydrogens is 352 g/mol. The summed E-state index contributed by atoms with van der Waals surface area (Å²) in [5.41, 5.74) is 2.18. The van der Waals surface area contributed by atoms with Gasteiger partial charge in [-0.25, -0.2) is 4.98 Å². The van der Waals surface area contributed by atoms with Crippen LogP contribution in [0.2, 0.25) is 0 Å². The minimum atomic E-state index is 0.663. The highest BCUT2D eigenvalue weighted by Gasteiger charge is 2.08. The van der Waals surface area contributed by atoms with E-state index in [-0.39, 0.29) is 0 Å². The molecule has 3 rings (SSSR count). The number of rotatable bonds is 7. The van der Waals surface area contributed by atoms with Gasteiger partial charge in [0, 0.05) is 52.6 Å². The summed E-state index contributed by atoms with van der Waals surface area (Å²) in [6.07, 6.45) is 2.64. The molecule has 0 spiro atoms. The van der Waals surface area contributed by atoms with E-state index in [0.717, 1.165) is 48.0 Å². The van der Waals surface area contributed by atoms with Crippen LogP contribution in [0.5, 0.6) is 0 Å². The minimum Gasteiger partial charge on any atom is -0.363 e. The van der Waals surface area contributed by atoms with Gasteiger partial charge in [-0.1, -0.05) is 25.1 Å². The van der Waals surface area contributed by atoms with Gasteiger partial charge in [0.25, 0.3) is 0 Å². The Labute approximate surface area is 165 Å². The summed E-state index contributed by atoms with van der Waals surface area (Å²) in [5, 5.41) is 16.0. The standard InChI is InChI=1S/C20H28N8/c1-5-18-26-24-14-28(18)11-10-22-20(21-2)23-13-15-12-19(27(3)4)25-17-9-7-6-8-16(15)17/h6-9,12,14H,5,10-11,13H2,1-4H3,(H2,21,22,23). The third kappa shape index (κ3) is 4.57. The number of pyridine rings is 1. The number of aromatic nitrogens is 4.